The number of nitrogens with zero attached hydrogens (tertiary/aromatic N) is 3. The lowest BCUT2D eigenvalue weighted by atomic mass is 10.0. The van der Waals surface area contributed by atoms with Crippen molar-refractivity contribution in [3.63, 3.8) is 0 Å². The summed E-state index contributed by atoms with van der Waals surface area (Å²) in [6.45, 7) is 0.952. The fourth-order valence-electron chi connectivity index (χ4n) is 2.39. The normalized spacial score (nSPS) is 21.1. The quantitative estimate of drug-likeness (QED) is 0.315. The molecule has 2 rings (SSSR count). The molecule has 2 heterocycles. The highest BCUT2D eigenvalue weighted by molar-refractivity contribution is 6.02. The summed E-state index contributed by atoms with van der Waals surface area (Å²) in [6, 6.07) is 1.79. The number of hydrogen-bond donors (Lipinski definition) is 3. The van der Waals surface area contributed by atoms with E-state index in [0.29, 0.717) is 5.56 Å². The van der Waals surface area contributed by atoms with Crippen molar-refractivity contribution in [2.24, 2.45) is 10.9 Å². The molecule has 1 aromatic heterocycles. The molecule has 0 aromatic carbocycles. The van der Waals surface area contributed by atoms with E-state index in [1.165, 1.54) is 0 Å². The summed E-state index contributed by atoms with van der Waals surface area (Å²) in [5.41, 5.74) is 7.13. The van der Waals surface area contributed by atoms with Gasteiger partial charge in [-0.05, 0) is 25.3 Å². The second kappa shape index (κ2) is 5.68. The molecular formula is C12H18N4O2. The Bertz CT molecular complexity index is 436. The van der Waals surface area contributed by atoms with Gasteiger partial charge in [0.25, 0.3) is 0 Å². The zero-order valence-electron chi connectivity index (χ0n) is 10.2. The zero-order chi connectivity index (χ0) is 13.0. The van der Waals surface area contributed by atoms with Crippen LogP contribution >= 0.6 is 0 Å². The van der Waals surface area contributed by atoms with Gasteiger partial charge in [-0.15, -0.1) is 0 Å². The Morgan fingerprint density at radius 3 is 3.11 bits per heavy atom. The lowest BCUT2D eigenvalue weighted by Gasteiger charge is -2.37. The monoisotopic (exact) mass is 250 g/mol. The minimum absolute atomic E-state index is 0.0645. The van der Waals surface area contributed by atoms with Crippen LogP contribution in [0.15, 0.2) is 23.6 Å². The van der Waals surface area contributed by atoms with Crippen molar-refractivity contribution < 1.29 is 10.3 Å². The first-order chi connectivity index (χ1) is 8.77. The molecule has 0 bridgehead atoms. The molecular weight excluding hydrogens is 232 g/mol. The molecule has 1 aliphatic rings. The number of amidine groups is 1. The van der Waals surface area contributed by atoms with Crippen molar-refractivity contribution >= 4 is 11.5 Å². The Labute approximate surface area is 106 Å². The SMILES string of the molecule is N/C(=N/O)c1ccncc1N1CCCCC1CO. The van der Waals surface area contributed by atoms with Crippen molar-refractivity contribution in [2.45, 2.75) is 25.3 Å². The van der Waals surface area contributed by atoms with Gasteiger partial charge < -0.3 is 20.9 Å². The third-order valence-corrected chi connectivity index (χ3v) is 3.33. The van der Waals surface area contributed by atoms with E-state index in [4.69, 9.17) is 10.9 Å². The number of oxime groups is 1. The number of anilines is 1. The number of hydrogen-bond acceptors (Lipinski definition) is 5. The van der Waals surface area contributed by atoms with Gasteiger partial charge in [0.2, 0.25) is 0 Å². The summed E-state index contributed by atoms with van der Waals surface area (Å²) in [7, 11) is 0. The molecule has 98 valence electrons. The first kappa shape index (κ1) is 12.6. The predicted octanol–water partition coefficient (Wildman–Crippen LogP) is 0.527. The van der Waals surface area contributed by atoms with Crippen molar-refractivity contribution in [1.29, 1.82) is 0 Å². The van der Waals surface area contributed by atoms with E-state index < -0.39 is 0 Å². The molecule has 6 nitrogen and oxygen atoms in total. The smallest absolute Gasteiger partial charge is 0.172 e. The minimum atomic E-state index is 0.0645. The van der Waals surface area contributed by atoms with Crippen LogP contribution < -0.4 is 10.6 Å². The van der Waals surface area contributed by atoms with E-state index in [1.54, 1.807) is 18.5 Å². The molecule has 0 spiro atoms. The third-order valence-electron chi connectivity index (χ3n) is 3.33. The van der Waals surface area contributed by atoms with E-state index in [9.17, 15) is 5.11 Å². The number of piperidine rings is 1. The molecule has 1 atom stereocenters. The molecule has 0 saturated carbocycles. The first-order valence-corrected chi connectivity index (χ1v) is 6.07. The van der Waals surface area contributed by atoms with Gasteiger partial charge in [-0.25, -0.2) is 0 Å². The summed E-state index contributed by atoms with van der Waals surface area (Å²) in [5, 5.41) is 21.3. The van der Waals surface area contributed by atoms with Crippen molar-refractivity contribution in [2.75, 3.05) is 18.1 Å². The summed E-state index contributed by atoms with van der Waals surface area (Å²) < 4.78 is 0. The maximum Gasteiger partial charge on any atom is 0.172 e. The highest BCUT2D eigenvalue weighted by Gasteiger charge is 2.24. The van der Waals surface area contributed by atoms with E-state index in [1.807, 2.05) is 0 Å². The molecule has 1 unspecified atom stereocenters. The Balaban J connectivity index is 2.37. The molecule has 0 aliphatic carbocycles. The minimum Gasteiger partial charge on any atom is -0.409 e. The number of aromatic nitrogens is 1. The van der Waals surface area contributed by atoms with Crippen molar-refractivity contribution in [3.05, 3.63) is 24.0 Å². The summed E-state index contributed by atoms with van der Waals surface area (Å²) >= 11 is 0. The van der Waals surface area contributed by atoms with Crippen LogP contribution in [0, 0.1) is 0 Å². The molecule has 1 saturated heterocycles. The van der Waals surface area contributed by atoms with Gasteiger partial charge in [0.05, 0.1) is 24.5 Å². The average Bonchev–Trinajstić information content (AvgIpc) is 2.46. The molecule has 1 fully saturated rings. The van der Waals surface area contributed by atoms with Crippen LogP contribution in [0.1, 0.15) is 24.8 Å². The van der Waals surface area contributed by atoms with Crippen LogP contribution in [0.25, 0.3) is 0 Å². The van der Waals surface area contributed by atoms with Gasteiger partial charge >= 0.3 is 0 Å². The molecule has 1 aliphatic heterocycles. The van der Waals surface area contributed by atoms with Crippen LogP contribution in [0.5, 0.6) is 0 Å². The van der Waals surface area contributed by atoms with Gasteiger partial charge in [-0.3, -0.25) is 4.98 Å². The number of aliphatic hydroxyl groups excluding tert-OH is 1. The third kappa shape index (κ3) is 2.38. The fourth-order valence-corrected chi connectivity index (χ4v) is 2.39. The number of pyridine rings is 1. The molecule has 0 amide bonds. The van der Waals surface area contributed by atoms with E-state index in [0.717, 1.165) is 31.5 Å². The van der Waals surface area contributed by atoms with Gasteiger partial charge in [0.1, 0.15) is 0 Å². The summed E-state index contributed by atoms with van der Waals surface area (Å²) in [5.74, 6) is 0.0645. The highest BCUT2D eigenvalue weighted by atomic mass is 16.4. The Hall–Kier alpha value is -1.82. The second-order valence-electron chi connectivity index (χ2n) is 4.40. The molecule has 0 radical (unpaired) electrons. The van der Waals surface area contributed by atoms with Gasteiger partial charge in [0, 0.05) is 18.3 Å². The van der Waals surface area contributed by atoms with E-state index in [-0.39, 0.29) is 18.5 Å². The number of aliphatic hydroxyl groups is 1. The van der Waals surface area contributed by atoms with Gasteiger partial charge in [-0.2, -0.15) is 0 Å². The number of nitrogens with two attached hydrogens (primary N) is 1. The molecule has 18 heavy (non-hydrogen) atoms. The van der Waals surface area contributed by atoms with Gasteiger partial charge in [-0.1, -0.05) is 5.16 Å². The molecule has 4 N–H and O–H groups in total. The topological polar surface area (TPSA) is 95.0 Å². The lowest BCUT2D eigenvalue weighted by Crippen LogP contribution is -2.43. The van der Waals surface area contributed by atoms with E-state index >= 15 is 0 Å². The summed E-state index contributed by atoms with van der Waals surface area (Å²) in [6.07, 6.45) is 6.43. The fraction of sp³-hybridized carbons (Fsp3) is 0.500. The maximum absolute atomic E-state index is 9.44. The Kier molecular flexibility index (Phi) is 3.99. The first-order valence-electron chi connectivity index (χ1n) is 6.07. The van der Waals surface area contributed by atoms with Crippen LogP contribution in [-0.4, -0.2) is 40.3 Å². The lowest BCUT2D eigenvalue weighted by molar-refractivity contribution is 0.240. The van der Waals surface area contributed by atoms with Gasteiger partial charge in [0.15, 0.2) is 5.84 Å². The Morgan fingerprint density at radius 1 is 1.56 bits per heavy atom. The summed E-state index contributed by atoms with van der Waals surface area (Å²) in [4.78, 5) is 6.18. The van der Waals surface area contributed by atoms with Crippen LogP contribution in [0.3, 0.4) is 0 Å². The van der Waals surface area contributed by atoms with E-state index in [2.05, 4.69) is 15.0 Å². The molecule has 1 aromatic rings. The number of rotatable bonds is 3. The van der Waals surface area contributed by atoms with Crippen LogP contribution in [-0.2, 0) is 0 Å². The second-order valence-corrected chi connectivity index (χ2v) is 4.40. The standard InChI is InChI=1S/C12H18N4O2/c13-12(15-18)10-4-5-14-7-11(10)16-6-2-1-3-9(16)8-17/h4-5,7,9,17-18H,1-3,6,8H2,(H2,13,15). The molecule has 6 heteroatoms. The van der Waals surface area contributed by atoms with Crippen molar-refractivity contribution in [3.8, 4) is 0 Å². The Morgan fingerprint density at radius 2 is 2.39 bits per heavy atom. The maximum atomic E-state index is 9.44. The van der Waals surface area contributed by atoms with Crippen LogP contribution in [0.4, 0.5) is 5.69 Å². The average molecular weight is 250 g/mol. The highest BCUT2D eigenvalue weighted by Crippen LogP contribution is 2.27. The van der Waals surface area contributed by atoms with Crippen LogP contribution in [0.2, 0.25) is 0 Å². The predicted molar refractivity (Wildman–Crippen MR) is 68.8 cm³/mol. The largest absolute Gasteiger partial charge is 0.409 e. The van der Waals surface area contributed by atoms with Crippen molar-refractivity contribution in [1.82, 2.24) is 4.98 Å². The zero-order valence-corrected chi connectivity index (χ0v) is 10.2.